The van der Waals surface area contributed by atoms with E-state index in [-0.39, 0.29) is 18.7 Å². The molecule has 0 radical (unpaired) electrons. The summed E-state index contributed by atoms with van der Waals surface area (Å²) in [5.41, 5.74) is 0. The van der Waals surface area contributed by atoms with E-state index in [1.54, 1.807) is 0 Å². The van der Waals surface area contributed by atoms with Gasteiger partial charge in [-0.25, -0.2) is 4.79 Å². The molecule has 0 aliphatic carbocycles. The predicted octanol–water partition coefficient (Wildman–Crippen LogP) is 1.42. The quantitative estimate of drug-likeness (QED) is 0.268. The average molecular weight is 274 g/mol. The van der Waals surface area contributed by atoms with Crippen molar-refractivity contribution in [3.8, 4) is 0 Å². The molecule has 0 rings (SSSR count). The van der Waals surface area contributed by atoms with E-state index in [0.29, 0.717) is 18.9 Å². The van der Waals surface area contributed by atoms with E-state index in [4.69, 9.17) is 14.3 Å². The first kappa shape index (κ1) is 17.3. The van der Waals surface area contributed by atoms with Crippen LogP contribution in [0.2, 0.25) is 6.04 Å². The topological polar surface area (TPSA) is 55.8 Å². The van der Waals surface area contributed by atoms with Gasteiger partial charge in [-0.05, 0) is 31.2 Å². The van der Waals surface area contributed by atoms with Crippen molar-refractivity contribution in [3.63, 3.8) is 0 Å². The second-order valence-electron chi connectivity index (χ2n) is 4.72. The zero-order valence-corrected chi connectivity index (χ0v) is 13.0. The minimum Gasteiger partial charge on any atom is -0.459 e. The Bertz CT molecular complexity index is 231. The number of aliphatic hydroxyl groups excluding tert-OH is 1. The van der Waals surface area contributed by atoms with Gasteiger partial charge in [0.05, 0.1) is 0 Å². The van der Waals surface area contributed by atoms with Crippen LogP contribution in [0.4, 0.5) is 0 Å². The van der Waals surface area contributed by atoms with Crippen LogP contribution in [-0.2, 0) is 14.0 Å². The first-order chi connectivity index (χ1) is 8.60. The summed E-state index contributed by atoms with van der Waals surface area (Å²) in [7, 11) is -0.554. The second kappa shape index (κ2) is 11.4. The van der Waals surface area contributed by atoms with Crippen molar-refractivity contribution < 1.29 is 19.1 Å². The smallest absolute Gasteiger partial charge is 0.330 e. The summed E-state index contributed by atoms with van der Waals surface area (Å²) in [6.45, 7) is 8.46. The number of hydrogen-bond acceptors (Lipinski definition) is 4. The molecule has 0 aromatic carbocycles. The molecule has 0 aromatic rings. The van der Waals surface area contributed by atoms with Gasteiger partial charge in [0.25, 0.3) is 0 Å². The van der Waals surface area contributed by atoms with E-state index >= 15 is 0 Å². The minimum absolute atomic E-state index is 0.0237. The molecule has 0 saturated carbocycles. The van der Waals surface area contributed by atoms with Gasteiger partial charge < -0.3 is 14.3 Å². The van der Waals surface area contributed by atoms with E-state index < -0.39 is 9.76 Å². The molecule has 18 heavy (non-hydrogen) atoms. The molecule has 0 aliphatic heterocycles. The fourth-order valence-electron chi connectivity index (χ4n) is 1.64. The summed E-state index contributed by atoms with van der Waals surface area (Å²) in [4.78, 5) is 11.2. The van der Waals surface area contributed by atoms with Crippen LogP contribution >= 0.6 is 0 Å². The molecule has 0 saturated heterocycles. The zero-order valence-electron chi connectivity index (χ0n) is 11.6. The minimum atomic E-state index is -0.554. The first-order valence-electron chi connectivity index (χ1n) is 6.61. The summed E-state index contributed by atoms with van der Waals surface area (Å²) in [6, 6.07) is 0.993. The van der Waals surface area contributed by atoms with E-state index in [9.17, 15) is 4.79 Å². The molecule has 106 valence electrons. The van der Waals surface area contributed by atoms with Crippen LogP contribution in [0.25, 0.3) is 0 Å². The fraction of sp³-hybridized carbons (Fsp3) is 0.769. The zero-order chi connectivity index (χ0) is 13.8. The molecule has 0 aliphatic rings. The third kappa shape index (κ3) is 10.5. The Morgan fingerprint density at radius 3 is 2.78 bits per heavy atom. The van der Waals surface area contributed by atoms with Crippen molar-refractivity contribution in [2.24, 2.45) is 5.92 Å². The van der Waals surface area contributed by atoms with Crippen molar-refractivity contribution in [2.75, 3.05) is 13.2 Å². The van der Waals surface area contributed by atoms with E-state index in [0.717, 1.165) is 18.9 Å². The van der Waals surface area contributed by atoms with Gasteiger partial charge in [0, 0.05) is 19.3 Å². The molecule has 5 heteroatoms. The average Bonchev–Trinajstić information content (AvgIpc) is 2.32. The maximum Gasteiger partial charge on any atom is 0.330 e. The summed E-state index contributed by atoms with van der Waals surface area (Å²) in [5.74, 6) is 0.160. The molecule has 1 N–H and O–H groups in total. The van der Waals surface area contributed by atoms with Gasteiger partial charge in [0.1, 0.15) is 6.10 Å². The van der Waals surface area contributed by atoms with Crippen molar-refractivity contribution >= 4 is 15.7 Å². The Labute approximate surface area is 112 Å². The molecule has 1 atom stereocenters. The third-order valence-electron chi connectivity index (χ3n) is 2.45. The lowest BCUT2D eigenvalue weighted by molar-refractivity contribution is -0.143. The monoisotopic (exact) mass is 274 g/mol. The molecule has 0 bridgehead atoms. The molecule has 0 spiro atoms. The number of carbonyl (C=O) groups excluding carboxylic acids is 1. The van der Waals surface area contributed by atoms with Gasteiger partial charge in [0.15, 0.2) is 9.76 Å². The number of hydrogen-bond donors (Lipinski definition) is 1. The normalized spacial score (nSPS) is 13.1. The van der Waals surface area contributed by atoms with Crippen molar-refractivity contribution in [2.45, 2.75) is 45.3 Å². The standard InChI is InChI=1S/C13H26O4Si/c1-4-13(15)17-12(10-11(2)3)6-9-18-16-8-5-7-14/h4,11-12,14H,1,5-10,18H2,2-3H3. The molecule has 4 nitrogen and oxygen atoms in total. The lowest BCUT2D eigenvalue weighted by Gasteiger charge is -2.18. The van der Waals surface area contributed by atoms with Crippen LogP contribution in [0.1, 0.15) is 33.1 Å². The number of rotatable bonds is 11. The van der Waals surface area contributed by atoms with Gasteiger partial charge in [-0.15, -0.1) is 0 Å². The van der Waals surface area contributed by atoms with E-state index in [1.165, 1.54) is 6.08 Å². The van der Waals surface area contributed by atoms with Gasteiger partial charge in [0.2, 0.25) is 0 Å². The number of carbonyl (C=O) groups is 1. The molecule has 0 amide bonds. The van der Waals surface area contributed by atoms with Crippen LogP contribution in [-0.4, -0.2) is 40.2 Å². The Kier molecular flexibility index (Phi) is 11.0. The highest BCUT2D eigenvalue weighted by molar-refractivity contribution is 6.27. The summed E-state index contributed by atoms with van der Waals surface area (Å²) in [5, 5.41) is 8.60. The van der Waals surface area contributed by atoms with Gasteiger partial charge in [-0.1, -0.05) is 20.4 Å². The van der Waals surface area contributed by atoms with E-state index in [1.807, 2.05) is 0 Å². The number of aliphatic hydroxyl groups is 1. The lowest BCUT2D eigenvalue weighted by atomic mass is 10.0. The van der Waals surface area contributed by atoms with Crippen LogP contribution in [0.15, 0.2) is 12.7 Å². The second-order valence-corrected chi connectivity index (χ2v) is 6.25. The summed E-state index contributed by atoms with van der Waals surface area (Å²) in [6.07, 6.45) is 3.63. The summed E-state index contributed by atoms with van der Waals surface area (Å²) < 4.78 is 10.8. The van der Waals surface area contributed by atoms with Crippen molar-refractivity contribution in [1.82, 2.24) is 0 Å². The van der Waals surface area contributed by atoms with Gasteiger partial charge in [-0.2, -0.15) is 0 Å². The Morgan fingerprint density at radius 1 is 1.50 bits per heavy atom. The highest BCUT2D eigenvalue weighted by Crippen LogP contribution is 2.14. The molecule has 1 unspecified atom stereocenters. The van der Waals surface area contributed by atoms with Gasteiger partial charge in [-0.3, -0.25) is 0 Å². The lowest BCUT2D eigenvalue weighted by Crippen LogP contribution is -2.20. The van der Waals surface area contributed by atoms with Crippen LogP contribution in [0.3, 0.4) is 0 Å². The molecule has 0 heterocycles. The van der Waals surface area contributed by atoms with E-state index in [2.05, 4.69) is 20.4 Å². The Morgan fingerprint density at radius 2 is 2.22 bits per heavy atom. The fourth-order valence-corrected chi connectivity index (χ4v) is 2.88. The van der Waals surface area contributed by atoms with Gasteiger partial charge >= 0.3 is 5.97 Å². The van der Waals surface area contributed by atoms with Crippen molar-refractivity contribution in [1.29, 1.82) is 0 Å². The maximum absolute atomic E-state index is 11.2. The SMILES string of the molecule is C=CC(=O)OC(CC[SiH2]OCCCO)CC(C)C. The first-order valence-corrected chi connectivity index (χ1v) is 8.19. The van der Waals surface area contributed by atoms with Crippen LogP contribution in [0.5, 0.6) is 0 Å². The Balaban J connectivity index is 3.79. The van der Waals surface area contributed by atoms with Crippen molar-refractivity contribution in [3.05, 3.63) is 12.7 Å². The predicted molar refractivity (Wildman–Crippen MR) is 75.2 cm³/mol. The molecular formula is C13H26O4Si. The number of ether oxygens (including phenoxy) is 1. The Hall–Kier alpha value is -0.653. The third-order valence-corrected chi connectivity index (χ3v) is 3.72. The molecule has 0 aromatic heterocycles. The van der Waals surface area contributed by atoms with Crippen LogP contribution in [0, 0.1) is 5.92 Å². The highest BCUT2D eigenvalue weighted by atomic mass is 28.2. The molecular weight excluding hydrogens is 248 g/mol. The number of esters is 1. The highest BCUT2D eigenvalue weighted by Gasteiger charge is 2.14. The maximum atomic E-state index is 11.2. The largest absolute Gasteiger partial charge is 0.459 e. The summed E-state index contributed by atoms with van der Waals surface area (Å²) >= 11 is 0. The van der Waals surface area contributed by atoms with Crippen LogP contribution < -0.4 is 0 Å². The molecule has 0 fully saturated rings.